The van der Waals surface area contributed by atoms with E-state index in [9.17, 15) is 15.0 Å². The number of benzene rings is 2. The highest BCUT2D eigenvalue weighted by atomic mass is 16.3. The smallest absolute Gasteiger partial charge is 0.254 e. The monoisotopic (exact) mass is 355 g/mol. The molecule has 0 atom stereocenters. The summed E-state index contributed by atoms with van der Waals surface area (Å²) in [6.07, 6.45) is 1.34. The average Bonchev–Trinajstić information content (AvgIpc) is 2.60. The van der Waals surface area contributed by atoms with Gasteiger partial charge in [0.25, 0.3) is 5.91 Å². The SMILES string of the molecule is Cc1ccc(CN(CCO)C(=O)c2cccc(CCC(C)(C)O)c2)cc1. The van der Waals surface area contributed by atoms with E-state index < -0.39 is 5.60 Å². The van der Waals surface area contributed by atoms with Crippen LogP contribution in [0.4, 0.5) is 0 Å². The fourth-order valence-corrected chi connectivity index (χ4v) is 2.78. The predicted molar refractivity (Wildman–Crippen MR) is 104 cm³/mol. The lowest BCUT2D eigenvalue weighted by Crippen LogP contribution is -2.33. The Morgan fingerprint density at radius 3 is 2.38 bits per heavy atom. The molecule has 0 spiro atoms. The van der Waals surface area contributed by atoms with E-state index >= 15 is 0 Å². The Kier molecular flexibility index (Phi) is 6.95. The largest absolute Gasteiger partial charge is 0.395 e. The number of carbonyl (C=O) groups excluding carboxylic acids is 1. The molecule has 0 aliphatic rings. The van der Waals surface area contributed by atoms with Crippen molar-refractivity contribution in [2.75, 3.05) is 13.2 Å². The van der Waals surface area contributed by atoms with Gasteiger partial charge >= 0.3 is 0 Å². The molecule has 4 nitrogen and oxygen atoms in total. The van der Waals surface area contributed by atoms with E-state index in [1.165, 1.54) is 5.56 Å². The van der Waals surface area contributed by atoms with Crippen molar-refractivity contribution in [1.29, 1.82) is 0 Å². The number of rotatable bonds is 8. The molecule has 4 heteroatoms. The molecule has 0 unspecified atom stereocenters. The average molecular weight is 355 g/mol. The number of amides is 1. The van der Waals surface area contributed by atoms with E-state index in [0.29, 0.717) is 31.5 Å². The van der Waals surface area contributed by atoms with Crippen molar-refractivity contribution < 1.29 is 15.0 Å². The number of hydrogen-bond donors (Lipinski definition) is 2. The van der Waals surface area contributed by atoms with Gasteiger partial charge < -0.3 is 15.1 Å². The topological polar surface area (TPSA) is 60.8 Å². The van der Waals surface area contributed by atoms with Gasteiger partial charge in [-0.15, -0.1) is 0 Å². The molecule has 2 rings (SSSR count). The second kappa shape index (κ2) is 8.97. The van der Waals surface area contributed by atoms with E-state index in [1.807, 2.05) is 49.4 Å². The van der Waals surface area contributed by atoms with Crippen LogP contribution in [0.15, 0.2) is 48.5 Å². The normalized spacial score (nSPS) is 11.4. The summed E-state index contributed by atoms with van der Waals surface area (Å²) >= 11 is 0. The molecule has 1 amide bonds. The molecule has 2 aromatic carbocycles. The lowest BCUT2D eigenvalue weighted by molar-refractivity contribution is 0.0707. The molecule has 0 heterocycles. The molecule has 140 valence electrons. The molecule has 2 aromatic rings. The van der Waals surface area contributed by atoms with Gasteiger partial charge in [-0.3, -0.25) is 4.79 Å². The molecule has 0 aromatic heterocycles. The summed E-state index contributed by atoms with van der Waals surface area (Å²) in [6, 6.07) is 15.6. The van der Waals surface area contributed by atoms with Crippen LogP contribution >= 0.6 is 0 Å². The highest BCUT2D eigenvalue weighted by Gasteiger charge is 2.17. The van der Waals surface area contributed by atoms with E-state index in [1.54, 1.807) is 24.8 Å². The van der Waals surface area contributed by atoms with Crippen molar-refractivity contribution in [1.82, 2.24) is 4.90 Å². The fraction of sp³-hybridized carbons (Fsp3) is 0.409. The second-order valence-corrected chi connectivity index (χ2v) is 7.45. The van der Waals surface area contributed by atoms with Crippen molar-refractivity contribution in [3.05, 3.63) is 70.8 Å². The van der Waals surface area contributed by atoms with Gasteiger partial charge in [-0.05, 0) is 56.9 Å². The van der Waals surface area contributed by atoms with E-state index in [0.717, 1.165) is 11.1 Å². The maximum Gasteiger partial charge on any atom is 0.254 e. The zero-order chi connectivity index (χ0) is 19.2. The number of hydrogen-bond acceptors (Lipinski definition) is 3. The van der Waals surface area contributed by atoms with Crippen LogP contribution in [0.3, 0.4) is 0 Å². The molecule has 0 aliphatic carbocycles. The van der Waals surface area contributed by atoms with Crippen LogP contribution in [-0.4, -0.2) is 39.8 Å². The van der Waals surface area contributed by atoms with E-state index in [-0.39, 0.29) is 12.5 Å². The minimum atomic E-state index is -0.728. The van der Waals surface area contributed by atoms with Crippen molar-refractivity contribution in [3.8, 4) is 0 Å². The zero-order valence-corrected chi connectivity index (χ0v) is 15.9. The van der Waals surface area contributed by atoms with Crippen LogP contribution in [0.5, 0.6) is 0 Å². The predicted octanol–water partition coefficient (Wildman–Crippen LogP) is 3.33. The number of aliphatic hydroxyl groups is 2. The summed E-state index contributed by atoms with van der Waals surface area (Å²) in [5, 5.41) is 19.3. The number of nitrogens with zero attached hydrogens (tertiary/aromatic N) is 1. The molecule has 0 saturated heterocycles. The third kappa shape index (κ3) is 6.28. The first-order chi connectivity index (χ1) is 12.3. The molecule has 0 bridgehead atoms. The number of carbonyl (C=O) groups is 1. The summed E-state index contributed by atoms with van der Waals surface area (Å²) in [4.78, 5) is 14.6. The van der Waals surface area contributed by atoms with Gasteiger partial charge in [-0.25, -0.2) is 0 Å². The van der Waals surface area contributed by atoms with Gasteiger partial charge in [-0.1, -0.05) is 42.0 Å². The maximum absolute atomic E-state index is 12.9. The molecule has 26 heavy (non-hydrogen) atoms. The molecule has 0 saturated carbocycles. The minimum Gasteiger partial charge on any atom is -0.395 e. The molecule has 0 fully saturated rings. The van der Waals surface area contributed by atoms with Gasteiger partial charge in [0.2, 0.25) is 0 Å². The first-order valence-electron chi connectivity index (χ1n) is 9.05. The van der Waals surface area contributed by atoms with E-state index in [4.69, 9.17) is 0 Å². The van der Waals surface area contributed by atoms with Gasteiger partial charge in [0.1, 0.15) is 0 Å². The van der Waals surface area contributed by atoms with Crippen molar-refractivity contribution in [2.24, 2.45) is 0 Å². The lowest BCUT2D eigenvalue weighted by Gasteiger charge is -2.22. The molecule has 0 radical (unpaired) electrons. The molecule has 0 aliphatic heterocycles. The number of aryl methyl sites for hydroxylation is 2. The Labute approximate surface area is 156 Å². The van der Waals surface area contributed by atoms with Gasteiger partial charge in [0.05, 0.1) is 12.2 Å². The van der Waals surface area contributed by atoms with Crippen molar-refractivity contribution >= 4 is 5.91 Å². The summed E-state index contributed by atoms with van der Waals surface area (Å²) in [7, 11) is 0. The van der Waals surface area contributed by atoms with Crippen LogP contribution in [0.25, 0.3) is 0 Å². The lowest BCUT2D eigenvalue weighted by atomic mass is 9.97. The molecular formula is C22H29NO3. The van der Waals surface area contributed by atoms with Crippen LogP contribution in [0.1, 0.15) is 47.3 Å². The third-order valence-electron chi connectivity index (χ3n) is 4.35. The van der Waals surface area contributed by atoms with E-state index in [2.05, 4.69) is 0 Å². The first-order valence-corrected chi connectivity index (χ1v) is 9.05. The highest BCUT2D eigenvalue weighted by molar-refractivity contribution is 5.94. The maximum atomic E-state index is 12.9. The fourth-order valence-electron chi connectivity index (χ4n) is 2.78. The minimum absolute atomic E-state index is 0.0734. The van der Waals surface area contributed by atoms with Crippen molar-refractivity contribution in [3.63, 3.8) is 0 Å². The summed E-state index contributed by atoms with van der Waals surface area (Å²) < 4.78 is 0. The molecule has 2 N–H and O–H groups in total. The standard InChI is InChI=1S/C22H29NO3/c1-17-7-9-19(10-8-17)16-23(13-14-24)21(25)20-6-4-5-18(15-20)11-12-22(2,3)26/h4-10,15,24,26H,11-14,16H2,1-3H3. The summed E-state index contributed by atoms with van der Waals surface area (Å²) in [5.74, 6) is -0.0928. The first kappa shape index (κ1) is 20.1. The third-order valence-corrected chi connectivity index (χ3v) is 4.35. The van der Waals surface area contributed by atoms with Crippen LogP contribution in [-0.2, 0) is 13.0 Å². The molecular weight excluding hydrogens is 326 g/mol. The van der Waals surface area contributed by atoms with Crippen molar-refractivity contribution in [2.45, 2.75) is 45.8 Å². The Bertz CT molecular complexity index is 717. The van der Waals surface area contributed by atoms with Crippen LogP contribution < -0.4 is 0 Å². The number of aliphatic hydroxyl groups excluding tert-OH is 1. The Hall–Kier alpha value is -2.17. The Morgan fingerprint density at radius 2 is 1.77 bits per heavy atom. The van der Waals surface area contributed by atoms with Gasteiger partial charge in [0.15, 0.2) is 0 Å². The zero-order valence-electron chi connectivity index (χ0n) is 15.9. The quantitative estimate of drug-likeness (QED) is 0.763. The van der Waals surface area contributed by atoms with Gasteiger partial charge in [0, 0.05) is 18.7 Å². The van der Waals surface area contributed by atoms with Crippen LogP contribution in [0.2, 0.25) is 0 Å². The summed E-state index contributed by atoms with van der Waals surface area (Å²) in [6.45, 7) is 6.28. The Morgan fingerprint density at radius 1 is 1.08 bits per heavy atom. The highest BCUT2D eigenvalue weighted by Crippen LogP contribution is 2.16. The van der Waals surface area contributed by atoms with Gasteiger partial charge in [-0.2, -0.15) is 0 Å². The Balaban J connectivity index is 2.13. The second-order valence-electron chi connectivity index (χ2n) is 7.45. The van der Waals surface area contributed by atoms with Crippen LogP contribution in [0, 0.1) is 6.92 Å². The summed E-state index contributed by atoms with van der Waals surface area (Å²) in [5.41, 5.74) is 3.12.